The fourth-order valence-corrected chi connectivity index (χ4v) is 2.42. The molecule has 0 amide bonds. The summed E-state index contributed by atoms with van der Waals surface area (Å²) in [6.45, 7) is 0. The van der Waals surface area contributed by atoms with Crippen LogP contribution < -0.4 is 5.32 Å². The van der Waals surface area contributed by atoms with Crippen LogP contribution in [-0.2, 0) is 0 Å². The second-order valence-electron chi connectivity index (χ2n) is 4.01. The monoisotopic (exact) mass is 330 g/mol. The van der Waals surface area contributed by atoms with E-state index >= 15 is 0 Å². The lowest BCUT2D eigenvalue weighted by atomic mass is 10.1. The first-order valence-electron chi connectivity index (χ1n) is 5.96. The molecule has 2 heterocycles. The Balaban J connectivity index is 2.21. The quantitative estimate of drug-likeness (QED) is 0.771. The molecule has 0 radical (unpaired) electrons. The molecule has 6 nitrogen and oxygen atoms in total. The van der Waals surface area contributed by atoms with Gasteiger partial charge >= 0.3 is 0 Å². The first kappa shape index (κ1) is 12.7. The van der Waals surface area contributed by atoms with Crippen molar-refractivity contribution in [3.63, 3.8) is 0 Å². The molecule has 0 aliphatic heterocycles. The van der Waals surface area contributed by atoms with E-state index < -0.39 is 0 Å². The van der Waals surface area contributed by atoms with Gasteiger partial charge in [0.25, 0.3) is 0 Å². The van der Waals surface area contributed by atoms with E-state index in [2.05, 4.69) is 46.4 Å². The van der Waals surface area contributed by atoms with Gasteiger partial charge in [0.2, 0.25) is 0 Å². The van der Waals surface area contributed by atoms with Crippen LogP contribution in [0.1, 0.15) is 0 Å². The second-order valence-corrected chi connectivity index (χ2v) is 4.80. The fourth-order valence-electron chi connectivity index (χ4n) is 1.82. The number of aromatic nitrogens is 5. The minimum atomic E-state index is 0.494. The number of aromatic amines is 1. The molecule has 0 aliphatic rings. The highest BCUT2D eigenvalue weighted by Gasteiger charge is 2.15. The molecule has 2 aromatic heterocycles. The third kappa shape index (κ3) is 2.27. The Kier molecular flexibility index (Phi) is 3.42. The molecule has 0 unspecified atom stereocenters. The molecule has 3 aromatic rings. The molecular formula is C13H11BrN6. The standard InChI is InChI=1S/C13H11BrN6/c1-15-11-9(14)10(8-5-3-2-4-6-8)18-13(19-11)12-16-7-17-20-12/h2-7H,1H3,(H,15,18,19)(H,16,17,20). The van der Waals surface area contributed by atoms with Crippen LogP contribution >= 0.6 is 15.9 Å². The van der Waals surface area contributed by atoms with Crippen LogP contribution in [0.3, 0.4) is 0 Å². The second kappa shape index (κ2) is 5.38. The molecule has 0 spiro atoms. The van der Waals surface area contributed by atoms with Crippen molar-refractivity contribution < 1.29 is 0 Å². The zero-order valence-electron chi connectivity index (χ0n) is 10.6. The molecule has 0 bridgehead atoms. The Morgan fingerprint density at radius 3 is 2.60 bits per heavy atom. The lowest BCUT2D eigenvalue weighted by Gasteiger charge is -2.10. The Morgan fingerprint density at radius 2 is 1.95 bits per heavy atom. The minimum Gasteiger partial charge on any atom is -0.372 e. The predicted octanol–water partition coefficient (Wildman–Crippen LogP) is 2.73. The van der Waals surface area contributed by atoms with Gasteiger partial charge in [-0.1, -0.05) is 30.3 Å². The van der Waals surface area contributed by atoms with Gasteiger partial charge in [0.05, 0.1) is 10.2 Å². The molecule has 1 aromatic carbocycles. The van der Waals surface area contributed by atoms with Gasteiger partial charge in [0.1, 0.15) is 12.1 Å². The summed E-state index contributed by atoms with van der Waals surface area (Å²) in [4.78, 5) is 13.1. The van der Waals surface area contributed by atoms with Crippen molar-refractivity contribution in [2.75, 3.05) is 12.4 Å². The van der Waals surface area contributed by atoms with Crippen LogP contribution in [-0.4, -0.2) is 32.2 Å². The Morgan fingerprint density at radius 1 is 1.15 bits per heavy atom. The molecule has 0 aliphatic carbocycles. The SMILES string of the molecule is CNc1nc(-c2ncn[nH]2)nc(-c2ccccc2)c1Br. The summed E-state index contributed by atoms with van der Waals surface area (Å²) in [5.74, 6) is 1.73. The van der Waals surface area contributed by atoms with Gasteiger partial charge in [-0.3, -0.25) is 5.10 Å². The van der Waals surface area contributed by atoms with Crippen molar-refractivity contribution in [2.45, 2.75) is 0 Å². The molecule has 0 saturated carbocycles. The molecule has 0 fully saturated rings. The summed E-state index contributed by atoms with van der Waals surface area (Å²) < 4.78 is 0.814. The average molecular weight is 331 g/mol. The Hall–Kier alpha value is -2.28. The van der Waals surface area contributed by atoms with Crippen LogP contribution in [0.25, 0.3) is 22.9 Å². The normalized spacial score (nSPS) is 10.5. The number of nitrogens with zero attached hydrogens (tertiary/aromatic N) is 4. The number of hydrogen-bond donors (Lipinski definition) is 2. The average Bonchev–Trinajstić information content (AvgIpc) is 3.03. The topological polar surface area (TPSA) is 79.4 Å². The summed E-state index contributed by atoms with van der Waals surface area (Å²) in [5, 5.41) is 9.65. The van der Waals surface area contributed by atoms with E-state index in [-0.39, 0.29) is 0 Å². The van der Waals surface area contributed by atoms with Crippen LogP contribution in [0.4, 0.5) is 5.82 Å². The third-order valence-corrected chi connectivity index (χ3v) is 3.51. The fraction of sp³-hybridized carbons (Fsp3) is 0.0769. The molecule has 2 N–H and O–H groups in total. The van der Waals surface area contributed by atoms with Crippen molar-refractivity contribution in [3.05, 3.63) is 41.1 Å². The first-order chi connectivity index (χ1) is 9.79. The van der Waals surface area contributed by atoms with E-state index in [1.807, 2.05) is 37.4 Å². The van der Waals surface area contributed by atoms with Crippen molar-refractivity contribution in [1.82, 2.24) is 25.1 Å². The van der Waals surface area contributed by atoms with E-state index in [0.717, 1.165) is 15.7 Å². The Labute approximate surface area is 123 Å². The van der Waals surface area contributed by atoms with E-state index in [0.29, 0.717) is 17.5 Å². The van der Waals surface area contributed by atoms with Gasteiger partial charge in [0, 0.05) is 12.6 Å². The molecule has 3 rings (SSSR count). The molecule has 0 atom stereocenters. The minimum absolute atomic E-state index is 0.494. The summed E-state index contributed by atoms with van der Waals surface area (Å²) in [6, 6.07) is 9.90. The number of rotatable bonds is 3. The van der Waals surface area contributed by atoms with Gasteiger partial charge in [-0.25, -0.2) is 15.0 Å². The maximum Gasteiger partial charge on any atom is 0.199 e. The molecular weight excluding hydrogens is 320 g/mol. The van der Waals surface area contributed by atoms with E-state index in [4.69, 9.17) is 0 Å². The van der Waals surface area contributed by atoms with Crippen LogP contribution in [0.5, 0.6) is 0 Å². The lowest BCUT2D eigenvalue weighted by molar-refractivity contribution is 1.06. The molecule has 100 valence electrons. The van der Waals surface area contributed by atoms with E-state index in [1.165, 1.54) is 6.33 Å². The summed E-state index contributed by atoms with van der Waals surface area (Å²) in [7, 11) is 1.81. The van der Waals surface area contributed by atoms with Gasteiger partial charge in [0.15, 0.2) is 11.6 Å². The number of nitrogens with one attached hydrogen (secondary N) is 2. The molecule has 7 heteroatoms. The van der Waals surface area contributed by atoms with Gasteiger partial charge < -0.3 is 5.32 Å². The number of H-pyrrole nitrogens is 1. The summed E-state index contributed by atoms with van der Waals surface area (Å²) in [5.41, 5.74) is 1.80. The van der Waals surface area contributed by atoms with Crippen molar-refractivity contribution in [2.24, 2.45) is 0 Å². The van der Waals surface area contributed by atoms with Crippen LogP contribution in [0.15, 0.2) is 41.1 Å². The smallest absolute Gasteiger partial charge is 0.199 e. The zero-order valence-corrected chi connectivity index (χ0v) is 12.2. The number of hydrogen-bond acceptors (Lipinski definition) is 5. The van der Waals surface area contributed by atoms with E-state index in [9.17, 15) is 0 Å². The maximum atomic E-state index is 4.56. The van der Waals surface area contributed by atoms with Gasteiger partial charge in [-0.15, -0.1) is 0 Å². The van der Waals surface area contributed by atoms with Gasteiger partial charge in [-0.2, -0.15) is 5.10 Å². The van der Waals surface area contributed by atoms with Crippen molar-refractivity contribution in [1.29, 1.82) is 0 Å². The number of anilines is 1. The lowest BCUT2D eigenvalue weighted by Crippen LogP contribution is -2.01. The largest absolute Gasteiger partial charge is 0.372 e. The van der Waals surface area contributed by atoms with E-state index in [1.54, 1.807) is 0 Å². The van der Waals surface area contributed by atoms with Crippen LogP contribution in [0.2, 0.25) is 0 Å². The molecule has 20 heavy (non-hydrogen) atoms. The third-order valence-electron chi connectivity index (χ3n) is 2.76. The van der Waals surface area contributed by atoms with Crippen molar-refractivity contribution in [3.8, 4) is 22.9 Å². The van der Waals surface area contributed by atoms with Crippen LogP contribution in [0, 0.1) is 0 Å². The zero-order chi connectivity index (χ0) is 13.9. The summed E-state index contributed by atoms with van der Waals surface area (Å²) >= 11 is 3.54. The van der Waals surface area contributed by atoms with Gasteiger partial charge in [-0.05, 0) is 15.9 Å². The highest BCUT2D eigenvalue weighted by Crippen LogP contribution is 2.32. The predicted molar refractivity (Wildman–Crippen MR) is 80.1 cm³/mol. The highest BCUT2D eigenvalue weighted by molar-refractivity contribution is 9.10. The maximum absolute atomic E-state index is 4.56. The number of halogens is 1. The molecule has 0 saturated heterocycles. The Bertz CT molecular complexity index is 711. The number of benzene rings is 1. The van der Waals surface area contributed by atoms with Crippen molar-refractivity contribution >= 4 is 21.7 Å². The summed E-state index contributed by atoms with van der Waals surface area (Å²) in [6.07, 6.45) is 1.43. The first-order valence-corrected chi connectivity index (χ1v) is 6.75. The highest BCUT2D eigenvalue weighted by atomic mass is 79.9.